The van der Waals surface area contributed by atoms with Gasteiger partial charge in [-0.15, -0.1) is 0 Å². The summed E-state index contributed by atoms with van der Waals surface area (Å²) in [7, 11) is 0. The predicted molar refractivity (Wildman–Crippen MR) is 164 cm³/mol. The number of aryl methyl sites for hydroxylation is 1. The van der Waals surface area contributed by atoms with Gasteiger partial charge in [0.1, 0.15) is 5.65 Å². The van der Waals surface area contributed by atoms with Crippen molar-refractivity contribution in [3.63, 3.8) is 0 Å². The number of H-pyrrole nitrogens is 1. The summed E-state index contributed by atoms with van der Waals surface area (Å²) >= 11 is 6.23. The van der Waals surface area contributed by atoms with Gasteiger partial charge in [-0.05, 0) is 87.9 Å². The van der Waals surface area contributed by atoms with Crippen molar-refractivity contribution in [3.8, 4) is 16.9 Å². The summed E-state index contributed by atoms with van der Waals surface area (Å²) < 4.78 is 16.5. The van der Waals surface area contributed by atoms with Crippen molar-refractivity contribution in [1.29, 1.82) is 5.41 Å². The molecule has 0 aliphatic heterocycles. The van der Waals surface area contributed by atoms with Crippen LogP contribution in [-0.4, -0.2) is 39.1 Å². The number of halogens is 2. The normalized spacial score (nSPS) is 13.7. The van der Waals surface area contributed by atoms with Crippen molar-refractivity contribution in [1.82, 2.24) is 25.2 Å². The number of guanidine groups is 1. The maximum absolute atomic E-state index is 15.1. The Hall–Kier alpha value is -3.73. The van der Waals surface area contributed by atoms with Crippen LogP contribution >= 0.6 is 11.6 Å². The van der Waals surface area contributed by atoms with Crippen LogP contribution in [-0.2, 0) is 6.42 Å². The van der Waals surface area contributed by atoms with Gasteiger partial charge in [-0.3, -0.25) is 9.98 Å². The maximum atomic E-state index is 15.1. The molecule has 2 aromatic heterocycles. The molecule has 3 atom stereocenters. The Kier molecular flexibility index (Phi) is 9.80. The molecule has 0 fully saturated rings. The van der Waals surface area contributed by atoms with Gasteiger partial charge in [0.15, 0.2) is 11.8 Å². The maximum Gasteiger partial charge on any atom is 0.354 e. The molecule has 0 aliphatic rings. The molecule has 0 unspecified atom stereocenters. The zero-order valence-electron chi connectivity index (χ0n) is 23.6. The molecule has 9 nitrogen and oxygen atoms in total. The molecule has 0 radical (unpaired) electrons. The third-order valence-corrected chi connectivity index (χ3v) is 7.38. The zero-order valence-corrected chi connectivity index (χ0v) is 24.4. The number of nitrogens with two attached hydrogens (primary N) is 2. The molecule has 0 amide bonds. The molecule has 218 valence electrons. The van der Waals surface area contributed by atoms with Crippen LogP contribution in [0.15, 0.2) is 53.5 Å². The number of aromatic amines is 1. The highest BCUT2D eigenvalue weighted by atomic mass is 35.5. The minimum Gasteiger partial charge on any atom is -0.370 e. The van der Waals surface area contributed by atoms with E-state index in [9.17, 15) is 4.79 Å². The predicted octanol–water partition coefficient (Wildman–Crippen LogP) is 4.76. The number of hydrogen-bond donors (Lipinski definition) is 6. The van der Waals surface area contributed by atoms with E-state index in [2.05, 4.69) is 34.4 Å². The first kappa shape index (κ1) is 30.2. The van der Waals surface area contributed by atoms with E-state index < -0.39 is 11.5 Å². The Morgan fingerprint density at radius 2 is 1.90 bits per heavy atom. The monoisotopic (exact) mass is 580 g/mol. The van der Waals surface area contributed by atoms with Gasteiger partial charge >= 0.3 is 5.69 Å². The molecule has 11 heteroatoms. The summed E-state index contributed by atoms with van der Waals surface area (Å²) in [6.45, 7) is 6.73. The summed E-state index contributed by atoms with van der Waals surface area (Å²) in [6, 6.07) is 13.3. The van der Waals surface area contributed by atoms with Gasteiger partial charge in [0, 0.05) is 41.8 Å². The second-order valence-electron chi connectivity index (χ2n) is 10.7. The number of benzene rings is 2. The van der Waals surface area contributed by atoms with Gasteiger partial charge in [0.25, 0.3) is 0 Å². The molecular weight excluding hydrogens is 543 g/mol. The molecule has 4 aromatic rings. The van der Waals surface area contributed by atoms with E-state index in [0.29, 0.717) is 34.5 Å². The van der Waals surface area contributed by atoms with Crippen molar-refractivity contribution in [2.24, 2.45) is 11.5 Å². The molecular formula is C30H38ClFN8O. The number of rotatable bonds is 12. The fourth-order valence-electron chi connectivity index (χ4n) is 4.89. The number of nitrogens with zero attached hydrogens (tertiary/aromatic N) is 2. The molecule has 0 saturated carbocycles. The lowest BCUT2D eigenvalue weighted by Gasteiger charge is -2.21. The second-order valence-corrected chi connectivity index (χ2v) is 11.1. The fourth-order valence-corrected chi connectivity index (χ4v) is 5.13. The van der Waals surface area contributed by atoms with Crippen LogP contribution in [0.3, 0.4) is 0 Å². The SMILES string of the molecule is C[C@H](N)CCCc1cc(Cl)c(F)c(-c2cc3cn(-c4ccc([C@H](C)N[C@@H](C)CCNC(=N)N)cc4)c(=O)nc3[nH]2)c1. The van der Waals surface area contributed by atoms with E-state index in [0.717, 1.165) is 36.8 Å². The summed E-state index contributed by atoms with van der Waals surface area (Å²) in [5, 5.41) is 14.3. The molecule has 0 saturated heterocycles. The van der Waals surface area contributed by atoms with Crippen LogP contribution in [0.4, 0.5) is 4.39 Å². The number of fused-ring (bicyclic) bond motifs is 1. The van der Waals surface area contributed by atoms with E-state index in [4.69, 9.17) is 28.5 Å². The topological polar surface area (TPSA) is 151 Å². The number of nitrogens with one attached hydrogen (secondary N) is 4. The average molecular weight is 581 g/mol. The molecule has 0 aliphatic carbocycles. The molecule has 8 N–H and O–H groups in total. The quantitative estimate of drug-likeness (QED) is 0.105. The van der Waals surface area contributed by atoms with Crippen molar-refractivity contribution < 1.29 is 4.39 Å². The van der Waals surface area contributed by atoms with Crippen molar-refractivity contribution >= 4 is 28.6 Å². The first-order valence-corrected chi connectivity index (χ1v) is 14.2. The second kappa shape index (κ2) is 13.3. The molecule has 41 heavy (non-hydrogen) atoms. The summed E-state index contributed by atoms with van der Waals surface area (Å²) in [4.78, 5) is 20.2. The largest absolute Gasteiger partial charge is 0.370 e. The van der Waals surface area contributed by atoms with Crippen molar-refractivity contribution in [3.05, 3.63) is 81.1 Å². The van der Waals surface area contributed by atoms with Gasteiger partial charge < -0.3 is 27.1 Å². The standard InChI is InChI=1S/C30H38ClFN8O/c1-17(33)5-4-6-20-13-24(27(32)25(31)14-20)26-15-22-16-40(30(41)39-28(22)38-26)23-9-7-21(8-10-23)19(3)37-18(2)11-12-36-29(34)35/h7-10,13-19,37H,4-6,11-12,33H2,1-3H3,(H4,34,35,36)(H,38,39,41)/t17-,18-,19-/m0/s1. The van der Waals surface area contributed by atoms with Gasteiger partial charge in [0.2, 0.25) is 0 Å². The average Bonchev–Trinajstić information content (AvgIpc) is 3.32. The lowest BCUT2D eigenvalue weighted by molar-refractivity contribution is 0.455. The van der Waals surface area contributed by atoms with Crippen LogP contribution in [0.25, 0.3) is 28.0 Å². The minimum atomic E-state index is -0.521. The van der Waals surface area contributed by atoms with Crippen LogP contribution in [0.2, 0.25) is 5.02 Å². The highest BCUT2D eigenvalue weighted by Crippen LogP contribution is 2.31. The Morgan fingerprint density at radius 3 is 2.59 bits per heavy atom. The zero-order chi connectivity index (χ0) is 29.7. The Balaban J connectivity index is 1.53. The minimum absolute atomic E-state index is 0.0332. The van der Waals surface area contributed by atoms with Crippen LogP contribution in [0.5, 0.6) is 0 Å². The molecule has 0 spiro atoms. The smallest absolute Gasteiger partial charge is 0.354 e. The Morgan fingerprint density at radius 1 is 1.17 bits per heavy atom. The Bertz CT molecular complexity index is 1560. The summed E-state index contributed by atoms with van der Waals surface area (Å²) in [5.41, 5.74) is 14.6. The Labute approximate surface area is 244 Å². The van der Waals surface area contributed by atoms with Gasteiger partial charge in [-0.25, -0.2) is 9.18 Å². The van der Waals surface area contributed by atoms with E-state index >= 15 is 4.39 Å². The fraction of sp³-hybridized carbons (Fsp3) is 0.367. The van der Waals surface area contributed by atoms with E-state index in [-0.39, 0.29) is 29.1 Å². The van der Waals surface area contributed by atoms with Crippen molar-refractivity contribution in [2.75, 3.05) is 6.54 Å². The number of hydrogen-bond acceptors (Lipinski definition) is 5. The van der Waals surface area contributed by atoms with E-state index in [1.165, 1.54) is 4.57 Å². The van der Waals surface area contributed by atoms with E-state index in [1.807, 2.05) is 31.2 Å². The first-order valence-electron chi connectivity index (χ1n) is 13.8. The molecule has 0 bridgehead atoms. The van der Waals surface area contributed by atoms with Gasteiger partial charge in [-0.2, -0.15) is 4.98 Å². The van der Waals surface area contributed by atoms with Crippen molar-refractivity contribution in [2.45, 2.75) is 64.6 Å². The molecule has 2 aromatic carbocycles. The van der Waals surface area contributed by atoms with E-state index in [1.54, 1.807) is 24.4 Å². The molecule has 2 heterocycles. The number of aromatic nitrogens is 3. The summed E-state index contributed by atoms with van der Waals surface area (Å²) in [6.07, 6.45) is 4.99. The molecule has 4 rings (SSSR count). The van der Waals surface area contributed by atoms with Crippen LogP contribution in [0.1, 0.15) is 57.2 Å². The van der Waals surface area contributed by atoms with Gasteiger partial charge in [-0.1, -0.05) is 23.7 Å². The third-order valence-electron chi connectivity index (χ3n) is 7.11. The lowest BCUT2D eigenvalue weighted by atomic mass is 10.0. The van der Waals surface area contributed by atoms with Gasteiger partial charge in [0.05, 0.1) is 16.4 Å². The first-order chi connectivity index (χ1) is 19.5. The highest BCUT2D eigenvalue weighted by Gasteiger charge is 2.16. The lowest BCUT2D eigenvalue weighted by Crippen LogP contribution is -2.36. The van der Waals surface area contributed by atoms with Crippen LogP contribution < -0.4 is 27.8 Å². The highest BCUT2D eigenvalue weighted by molar-refractivity contribution is 6.31. The van der Waals surface area contributed by atoms with Crippen LogP contribution in [0, 0.1) is 11.2 Å². The summed E-state index contributed by atoms with van der Waals surface area (Å²) in [5.74, 6) is -0.554. The third kappa shape index (κ3) is 7.72.